The standard InChI is InChI=1S/C14H13N3OS/c1-9-3-2-4-12(16-9)17-14(18)11-7-5-10(6-8-11)13(15)19/h2-8H,1H3,(H2,15,19)(H,16,17,18). The first-order valence-electron chi connectivity index (χ1n) is 5.71. The Morgan fingerprint density at radius 1 is 1.16 bits per heavy atom. The Kier molecular flexibility index (Phi) is 3.87. The Morgan fingerprint density at radius 3 is 2.37 bits per heavy atom. The number of benzene rings is 1. The number of nitrogens with one attached hydrogen (secondary N) is 1. The molecule has 0 bridgehead atoms. The van der Waals surface area contributed by atoms with E-state index in [9.17, 15) is 4.79 Å². The molecule has 0 fully saturated rings. The molecule has 19 heavy (non-hydrogen) atoms. The normalized spacial score (nSPS) is 9.95. The van der Waals surface area contributed by atoms with Crippen molar-refractivity contribution < 1.29 is 4.79 Å². The van der Waals surface area contributed by atoms with Gasteiger partial charge in [0.15, 0.2) is 0 Å². The molecule has 2 rings (SSSR count). The number of nitrogens with two attached hydrogens (primary N) is 1. The van der Waals surface area contributed by atoms with Gasteiger partial charge in [0.2, 0.25) is 0 Å². The van der Waals surface area contributed by atoms with E-state index in [0.717, 1.165) is 11.3 Å². The lowest BCUT2D eigenvalue weighted by atomic mass is 10.1. The summed E-state index contributed by atoms with van der Waals surface area (Å²) in [7, 11) is 0. The highest BCUT2D eigenvalue weighted by Gasteiger charge is 2.07. The monoisotopic (exact) mass is 271 g/mol. The molecule has 0 aliphatic heterocycles. The Bertz CT molecular complexity index is 623. The van der Waals surface area contributed by atoms with Gasteiger partial charge in [0.25, 0.3) is 5.91 Å². The van der Waals surface area contributed by atoms with E-state index in [4.69, 9.17) is 18.0 Å². The van der Waals surface area contributed by atoms with Crippen molar-refractivity contribution in [3.63, 3.8) is 0 Å². The van der Waals surface area contributed by atoms with Gasteiger partial charge in [0, 0.05) is 16.8 Å². The van der Waals surface area contributed by atoms with Gasteiger partial charge in [0.05, 0.1) is 0 Å². The molecule has 1 aromatic heterocycles. The fraction of sp³-hybridized carbons (Fsp3) is 0.0714. The molecule has 0 spiro atoms. The summed E-state index contributed by atoms with van der Waals surface area (Å²) in [6, 6.07) is 12.3. The van der Waals surface area contributed by atoms with Crippen LogP contribution in [0.1, 0.15) is 21.6 Å². The van der Waals surface area contributed by atoms with Crippen molar-refractivity contribution in [3.8, 4) is 0 Å². The third-order valence-corrected chi connectivity index (χ3v) is 2.80. The van der Waals surface area contributed by atoms with Crippen molar-refractivity contribution in [2.24, 2.45) is 5.73 Å². The quantitative estimate of drug-likeness (QED) is 0.840. The zero-order valence-electron chi connectivity index (χ0n) is 10.4. The molecule has 0 saturated heterocycles. The molecule has 1 aromatic carbocycles. The summed E-state index contributed by atoms with van der Waals surface area (Å²) in [6.45, 7) is 1.87. The number of amides is 1. The van der Waals surface area contributed by atoms with Crippen LogP contribution in [0.5, 0.6) is 0 Å². The molecule has 0 atom stereocenters. The molecule has 3 N–H and O–H groups in total. The number of thiocarbonyl (C=S) groups is 1. The van der Waals surface area contributed by atoms with Crippen LogP contribution in [0.2, 0.25) is 0 Å². The number of aromatic nitrogens is 1. The maximum Gasteiger partial charge on any atom is 0.256 e. The van der Waals surface area contributed by atoms with Crippen molar-refractivity contribution >= 4 is 28.9 Å². The molecule has 0 saturated carbocycles. The first-order valence-corrected chi connectivity index (χ1v) is 6.12. The average Bonchev–Trinajstić information content (AvgIpc) is 2.39. The van der Waals surface area contributed by atoms with Crippen LogP contribution >= 0.6 is 12.2 Å². The summed E-state index contributed by atoms with van der Waals surface area (Å²) < 4.78 is 0. The minimum atomic E-state index is -0.215. The van der Waals surface area contributed by atoms with E-state index in [1.165, 1.54) is 0 Å². The van der Waals surface area contributed by atoms with Crippen LogP contribution in [0, 0.1) is 6.92 Å². The molecule has 5 heteroatoms. The lowest BCUT2D eigenvalue weighted by molar-refractivity contribution is 0.102. The van der Waals surface area contributed by atoms with Crippen molar-refractivity contribution in [3.05, 3.63) is 59.3 Å². The van der Waals surface area contributed by atoms with E-state index in [0.29, 0.717) is 16.4 Å². The molecule has 1 amide bonds. The summed E-state index contributed by atoms with van der Waals surface area (Å²) in [5.74, 6) is 0.316. The molecule has 96 valence electrons. The number of pyridine rings is 1. The molecule has 0 aliphatic rings. The largest absolute Gasteiger partial charge is 0.389 e. The molecule has 0 radical (unpaired) electrons. The summed E-state index contributed by atoms with van der Waals surface area (Å²) in [6.07, 6.45) is 0. The topological polar surface area (TPSA) is 68.0 Å². The third-order valence-electron chi connectivity index (χ3n) is 2.56. The highest BCUT2D eigenvalue weighted by molar-refractivity contribution is 7.80. The Balaban J connectivity index is 2.14. The van der Waals surface area contributed by atoms with Crippen molar-refractivity contribution in [1.29, 1.82) is 0 Å². The van der Waals surface area contributed by atoms with Crippen LogP contribution in [0.4, 0.5) is 5.82 Å². The average molecular weight is 271 g/mol. The van der Waals surface area contributed by atoms with E-state index in [-0.39, 0.29) is 5.91 Å². The number of hydrogen-bond acceptors (Lipinski definition) is 3. The highest BCUT2D eigenvalue weighted by atomic mass is 32.1. The SMILES string of the molecule is Cc1cccc(NC(=O)c2ccc(C(N)=S)cc2)n1. The van der Waals surface area contributed by atoms with Crippen LogP contribution in [0.3, 0.4) is 0 Å². The number of nitrogens with zero attached hydrogens (tertiary/aromatic N) is 1. The first kappa shape index (κ1) is 13.2. The maximum atomic E-state index is 12.0. The van der Waals surface area contributed by atoms with E-state index in [1.54, 1.807) is 30.3 Å². The lowest BCUT2D eigenvalue weighted by Crippen LogP contribution is -2.14. The van der Waals surface area contributed by atoms with Crippen molar-refractivity contribution in [1.82, 2.24) is 4.98 Å². The van der Waals surface area contributed by atoms with Crippen molar-refractivity contribution in [2.45, 2.75) is 6.92 Å². The van der Waals surface area contributed by atoms with Gasteiger partial charge in [-0.2, -0.15) is 0 Å². The van der Waals surface area contributed by atoms with Gasteiger partial charge in [-0.25, -0.2) is 4.98 Å². The van der Waals surface area contributed by atoms with Gasteiger partial charge in [-0.15, -0.1) is 0 Å². The van der Waals surface area contributed by atoms with E-state index in [1.807, 2.05) is 19.1 Å². The number of aryl methyl sites for hydroxylation is 1. The molecule has 1 heterocycles. The predicted molar refractivity (Wildman–Crippen MR) is 79.3 cm³/mol. The number of rotatable bonds is 3. The van der Waals surface area contributed by atoms with E-state index in [2.05, 4.69) is 10.3 Å². The Morgan fingerprint density at radius 2 is 1.79 bits per heavy atom. The zero-order valence-corrected chi connectivity index (χ0v) is 11.2. The van der Waals surface area contributed by atoms with Gasteiger partial charge >= 0.3 is 0 Å². The highest BCUT2D eigenvalue weighted by Crippen LogP contribution is 2.09. The lowest BCUT2D eigenvalue weighted by Gasteiger charge is -2.05. The summed E-state index contributed by atoms with van der Waals surface area (Å²) in [4.78, 5) is 16.5. The summed E-state index contributed by atoms with van der Waals surface area (Å²) in [5.41, 5.74) is 7.62. The second kappa shape index (κ2) is 5.58. The smallest absolute Gasteiger partial charge is 0.256 e. The van der Waals surface area contributed by atoms with Gasteiger partial charge in [-0.1, -0.05) is 30.4 Å². The number of carbonyl (C=O) groups is 1. The predicted octanol–water partition coefficient (Wildman–Crippen LogP) is 2.28. The second-order valence-corrected chi connectivity index (χ2v) is 4.50. The van der Waals surface area contributed by atoms with Crippen LogP contribution in [-0.4, -0.2) is 15.9 Å². The van der Waals surface area contributed by atoms with Crippen molar-refractivity contribution in [2.75, 3.05) is 5.32 Å². The Labute approximate surface area is 116 Å². The van der Waals surface area contributed by atoms with Crippen LogP contribution < -0.4 is 11.1 Å². The third kappa shape index (κ3) is 3.35. The van der Waals surface area contributed by atoms with Crippen LogP contribution in [-0.2, 0) is 0 Å². The minimum Gasteiger partial charge on any atom is -0.389 e. The summed E-state index contributed by atoms with van der Waals surface area (Å²) >= 11 is 4.86. The van der Waals surface area contributed by atoms with E-state index < -0.39 is 0 Å². The molecular weight excluding hydrogens is 258 g/mol. The van der Waals surface area contributed by atoms with Crippen LogP contribution in [0.15, 0.2) is 42.5 Å². The number of anilines is 1. The Hall–Kier alpha value is -2.27. The van der Waals surface area contributed by atoms with Gasteiger partial charge < -0.3 is 11.1 Å². The van der Waals surface area contributed by atoms with E-state index >= 15 is 0 Å². The van der Waals surface area contributed by atoms with Gasteiger partial charge in [0.1, 0.15) is 10.8 Å². The molecule has 0 aliphatic carbocycles. The second-order valence-electron chi connectivity index (χ2n) is 4.06. The first-order chi connectivity index (χ1) is 9.06. The van der Waals surface area contributed by atoms with Crippen LogP contribution in [0.25, 0.3) is 0 Å². The maximum absolute atomic E-state index is 12.0. The summed E-state index contributed by atoms with van der Waals surface area (Å²) in [5, 5.41) is 2.73. The van der Waals surface area contributed by atoms with Gasteiger partial charge in [-0.05, 0) is 31.2 Å². The minimum absolute atomic E-state index is 0.215. The molecule has 4 nitrogen and oxygen atoms in total. The molecule has 2 aromatic rings. The fourth-order valence-electron chi connectivity index (χ4n) is 1.59. The zero-order chi connectivity index (χ0) is 13.8. The number of carbonyl (C=O) groups excluding carboxylic acids is 1. The number of hydrogen-bond donors (Lipinski definition) is 2. The molecule has 0 unspecified atom stereocenters. The van der Waals surface area contributed by atoms with Gasteiger partial charge in [-0.3, -0.25) is 4.79 Å². The molecular formula is C14H13N3OS. The fourth-order valence-corrected chi connectivity index (χ4v) is 1.72.